The van der Waals surface area contributed by atoms with Crippen molar-refractivity contribution in [2.75, 3.05) is 0 Å². The molecule has 0 saturated heterocycles. The van der Waals surface area contributed by atoms with E-state index in [-0.39, 0.29) is 6.04 Å². The minimum absolute atomic E-state index is 0.125. The van der Waals surface area contributed by atoms with Crippen LogP contribution in [-0.4, -0.2) is 11.8 Å². The number of nitrogens with one attached hydrogen (secondary N) is 1. The molecule has 52 valence electrons. The van der Waals surface area contributed by atoms with Crippen LogP contribution < -0.4 is 16.8 Å². The second-order valence-electron chi connectivity index (χ2n) is 2.35. The lowest BCUT2D eigenvalue weighted by atomic mass is 10.2. The second kappa shape index (κ2) is 1.53. The van der Waals surface area contributed by atoms with E-state index < -0.39 is 0 Å². The maximum atomic E-state index is 5.47. The van der Waals surface area contributed by atoms with Crippen LogP contribution in [0, 0.1) is 0 Å². The maximum Gasteiger partial charge on any atom is 0.122 e. The minimum Gasteiger partial charge on any atom is -0.385 e. The number of hydrogen-bond donors (Lipinski definition) is 3. The first-order chi connectivity index (χ1) is 4.75. The van der Waals surface area contributed by atoms with Gasteiger partial charge in [-0.05, 0) is 6.08 Å². The van der Waals surface area contributed by atoms with Crippen molar-refractivity contribution in [3.05, 3.63) is 23.8 Å². The van der Waals surface area contributed by atoms with E-state index in [0.29, 0.717) is 11.6 Å². The highest BCUT2D eigenvalue weighted by molar-refractivity contribution is 6.05. The molecular formula is C6H8N4. The van der Waals surface area contributed by atoms with Crippen LogP contribution in [0.3, 0.4) is 0 Å². The Morgan fingerprint density at radius 3 is 3.00 bits per heavy atom. The van der Waals surface area contributed by atoms with E-state index >= 15 is 0 Å². The Balaban J connectivity index is 2.34. The van der Waals surface area contributed by atoms with Crippen LogP contribution in [0.4, 0.5) is 0 Å². The molecule has 1 atom stereocenters. The highest BCUT2D eigenvalue weighted by Gasteiger charge is 2.23. The summed E-state index contributed by atoms with van der Waals surface area (Å²) in [4.78, 5) is 4.04. The number of aliphatic imine (C=N–C) groups is 1. The van der Waals surface area contributed by atoms with Gasteiger partial charge < -0.3 is 16.8 Å². The largest absolute Gasteiger partial charge is 0.385 e. The molecule has 4 heteroatoms. The summed E-state index contributed by atoms with van der Waals surface area (Å²) in [6, 6.07) is 0.125. The summed E-state index contributed by atoms with van der Waals surface area (Å²) < 4.78 is 0. The number of hydrogen-bond acceptors (Lipinski definition) is 4. The monoisotopic (exact) mass is 136 g/mol. The molecule has 2 rings (SSSR count). The summed E-state index contributed by atoms with van der Waals surface area (Å²) in [6.07, 6.45) is 3.63. The van der Waals surface area contributed by atoms with Crippen molar-refractivity contribution >= 4 is 5.71 Å². The van der Waals surface area contributed by atoms with E-state index in [0.717, 1.165) is 5.71 Å². The average molecular weight is 136 g/mol. The van der Waals surface area contributed by atoms with Crippen molar-refractivity contribution in [2.24, 2.45) is 16.5 Å². The highest BCUT2D eigenvalue weighted by Crippen LogP contribution is 2.13. The predicted molar refractivity (Wildman–Crippen MR) is 38.9 cm³/mol. The molecule has 10 heavy (non-hydrogen) atoms. The van der Waals surface area contributed by atoms with Crippen LogP contribution in [0.1, 0.15) is 0 Å². The molecule has 2 aliphatic heterocycles. The molecule has 0 aromatic heterocycles. The van der Waals surface area contributed by atoms with Crippen molar-refractivity contribution in [3.8, 4) is 0 Å². The summed E-state index contributed by atoms with van der Waals surface area (Å²) in [6.45, 7) is 0. The van der Waals surface area contributed by atoms with Crippen LogP contribution >= 0.6 is 0 Å². The quantitative estimate of drug-likeness (QED) is 0.400. The molecule has 1 unspecified atom stereocenters. The van der Waals surface area contributed by atoms with Gasteiger partial charge in [-0.15, -0.1) is 0 Å². The van der Waals surface area contributed by atoms with E-state index in [4.69, 9.17) is 11.5 Å². The number of nitrogens with two attached hydrogens (primary N) is 2. The Labute approximate surface area is 58.3 Å². The van der Waals surface area contributed by atoms with E-state index in [2.05, 4.69) is 10.3 Å². The standard InChI is InChI=1S/C6H8N4/c7-5-1-3-4(10-5)2-6(8)9-3/h1-3,9H,7-8H2. The van der Waals surface area contributed by atoms with Crippen LogP contribution in [0.25, 0.3) is 0 Å². The molecule has 2 aliphatic rings. The lowest BCUT2D eigenvalue weighted by Gasteiger charge is -2.01. The first-order valence-corrected chi connectivity index (χ1v) is 3.05. The molecule has 0 aromatic rings. The molecule has 5 N–H and O–H groups in total. The molecule has 0 amide bonds. The lowest BCUT2D eigenvalue weighted by Crippen LogP contribution is -2.26. The number of nitrogens with zero attached hydrogens (tertiary/aromatic N) is 1. The van der Waals surface area contributed by atoms with Crippen LogP contribution in [-0.2, 0) is 0 Å². The summed E-state index contributed by atoms with van der Waals surface area (Å²) in [5.41, 5.74) is 11.8. The zero-order valence-corrected chi connectivity index (χ0v) is 5.33. The Morgan fingerprint density at radius 1 is 1.50 bits per heavy atom. The van der Waals surface area contributed by atoms with E-state index in [9.17, 15) is 0 Å². The fourth-order valence-corrected chi connectivity index (χ4v) is 1.13. The molecule has 0 saturated carbocycles. The van der Waals surface area contributed by atoms with Crippen molar-refractivity contribution in [2.45, 2.75) is 6.04 Å². The van der Waals surface area contributed by atoms with Crippen molar-refractivity contribution in [1.82, 2.24) is 5.32 Å². The summed E-state index contributed by atoms with van der Waals surface area (Å²) in [5, 5.41) is 3.00. The second-order valence-corrected chi connectivity index (χ2v) is 2.35. The van der Waals surface area contributed by atoms with E-state index in [1.54, 1.807) is 6.08 Å². The topological polar surface area (TPSA) is 76.4 Å². The highest BCUT2D eigenvalue weighted by atomic mass is 15.1. The zero-order valence-electron chi connectivity index (χ0n) is 5.33. The maximum absolute atomic E-state index is 5.47. The van der Waals surface area contributed by atoms with Gasteiger partial charge in [-0.2, -0.15) is 0 Å². The third kappa shape index (κ3) is 0.586. The van der Waals surface area contributed by atoms with E-state index in [1.807, 2.05) is 6.08 Å². The molecule has 2 heterocycles. The van der Waals surface area contributed by atoms with Crippen LogP contribution in [0.2, 0.25) is 0 Å². The molecule has 0 bridgehead atoms. The van der Waals surface area contributed by atoms with Gasteiger partial charge in [-0.3, -0.25) is 0 Å². The SMILES string of the molecule is NC1=CC2NC(N)=CC2=N1. The molecule has 0 aromatic carbocycles. The lowest BCUT2D eigenvalue weighted by molar-refractivity contribution is 0.843. The number of rotatable bonds is 0. The molecule has 0 spiro atoms. The van der Waals surface area contributed by atoms with E-state index in [1.165, 1.54) is 0 Å². The smallest absolute Gasteiger partial charge is 0.122 e. The normalized spacial score (nSPS) is 28.4. The third-order valence-electron chi connectivity index (χ3n) is 1.54. The van der Waals surface area contributed by atoms with Gasteiger partial charge in [-0.25, -0.2) is 4.99 Å². The molecular weight excluding hydrogens is 128 g/mol. The predicted octanol–water partition coefficient (Wildman–Crippen LogP) is -0.987. The first-order valence-electron chi connectivity index (χ1n) is 3.05. The van der Waals surface area contributed by atoms with Gasteiger partial charge in [0, 0.05) is 6.08 Å². The van der Waals surface area contributed by atoms with Gasteiger partial charge in [-0.1, -0.05) is 0 Å². The minimum atomic E-state index is 0.125. The summed E-state index contributed by atoms with van der Waals surface area (Å²) >= 11 is 0. The fraction of sp³-hybridized carbons (Fsp3) is 0.167. The van der Waals surface area contributed by atoms with Crippen molar-refractivity contribution < 1.29 is 0 Å². The van der Waals surface area contributed by atoms with Gasteiger partial charge in [0.05, 0.1) is 17.6 Å². The van der Waals surface area contributed by atoms with Crippen molar-refractivity contribution in [1.29, 1.82) is 0 Å². The van der Waals surface area contributed by atoms with Gasteiger partial charge in [0.1, 0.15) is 5.82 Å². The first kappa shape index (κ1) is 5.34. The molecule has 0 fully saturated rings. The van der Waals surface area contributed by atoms with Gasteiger partial charge >= 0.3 is 0 Å². The molecule has 0 radical (unpaired) electrons. The Bertz CT molecular complexity index is 261. The molecule has 4 nitrogen and oxygen atoms in total. The van der Waals surface area contributed by atoms with Crippen molar-refractivity contribution in [3.63, 3.8) is 0 Å². The third-order valence-corrected chi connectivity index (χ3v) is 1.54. The summed E-state index contributed by atoms with van der Waals surface area (Å²) in [5.74, 6) is 1.23. The van der Waals surface area contributed by atoms with Gasteiger partial charge in [0.25, 0.3) is 0 Å². The van der Waals surface area contributed by atoms with Crippen LogP contribution in [0.5, 0.6) is 0 Å². The Kier molecular flexibility index (Phi) is 0.818. The van der Waals surface area contributed by atoms with Crippen LogP contribution in [0.15, 0.2) is 28.8 Å². The van der Waals surface area contributed by atoms with Gasteiger partial charge in [0.15, 0.2) is 0 Å². The number of fused-ring (bicyclic) bond motifs is 1. The fourth-order valence-electron chi connectivity index (χ4n) is 1.13. The zero-order chi connectivity index (χ0) is 7.14. The summed E-state index contributed by atoms with van der Waals surface area (Å²) in [7, 11) is 0. The average Bonchev–Trinajstić information content (AvgIpc) is 2.21. The Morgan fingerprint density at radius 2 is 2.30 bits per heavy atom. The Hall–Kier alpha value is -1.45. The van der Waals surface area contributed by atoms with Gasteiger partial charge in [0.2, 0.25) is 0 Å². The molecule has 0 aliphatic carbocycles.